The van der Waals surface area contributed by atoms with Crippen LogP contribution in [0.25, 0.3) is 0 Å². The van der Waals surface area contributed by atoms with Crippen LogP contribution in [0.15, 0.2) is 28.7 Å². The molecule has 1 aromatic rings. The predicted molar refractivity (Wildman–Crippen MR) is 78.2 cm³/mol. The maximum atomic E-state index is 5.54. The molecule has 0 aliphatic rings. The fraction of sp³-hybridized carbons (Fsp3) is 0.571. The standard InChI is InChI=1S/C14H22BrNO2/c1-14(2,3)16-8-9-17-10-11-18-13-6-4-12(15)5-7-13/h4-7,16H,8-11H2,1-3H3. The molecule has 0 aliphatic carbocycles. The molecule has 3 nitrogen and oxygen atoms in total. The molecule has 0 aliphatic heterocycles. The molecule has 0 bridgehead atoms. The molecule has 0 saturated carbocycles. The number of hydrogen-bond donors (Lipinski definition) is 1. The van der Waals surface area contributed by atoms with Crippen LogP contribution in [0.5, 0.6) is 5.75 Å². The molecule has 0 heterocycles. The third-order valence-electron chi connectivity index (χ3n) is 2.21. The van der Waals surface area contributed by atoms with Gasteiger partial charge in [0, 0.05) is 16.6 Å². The van der Waals surface area contributed by atoms with Crippen molar-refractivity contribution in [2.24, 2.45) is 0 Å². The quantitative estimate of drug-likeness (QED) is 0.784. The van der Waals surface area contributed by atoms with Crippen LogP contribution >= 0.6 is 15.9 Å². The minimum Gasteiger partial charge on any atom is -0.491 e. The van der Waals surface area contributed by atoms with E-state index in [1.165, 1.54) is 0 Å². The largest absolute Gasteiger partial charge is 0.491 e. The zero-order valence-electron chi connectivity index (χ0n) is 11.3. The predicted octanol–water partition coefficient (Wildman–Crippen LogP) is 3.23. The maximum absolute atomic E-state index is 5.54. The highest BCUT2D eigenvalue weighted by atomic mass is 79.9. The first-order chi connectivity index (χ1) is 8.47. The van der Waals surface area contributed by atoms with E-state index in [1.54, 1.807) is 0 Å². The number of rotatable bonds is 7. The second kappa shape index (κ2) is 7.77. The van der Waals surface area contributed by atoms with E-state index in [-0.39, 0.29) is 5.54 Å². The van der Waals surface area contributed by atoms with E-state index < -0.39 is 0 Å². The summed E-state index contributed by atoms with van der Waals surface area (Å²) in [5.41, 5.74) is 0.150. The van der Waals surface area contributed by atoms with Gasteiger partial charge in [-0.1, -0.05) is 15.9 Å². The summed E-state index contributed by atoms with van der Waals surface area (Å²) in [6, 6.07) is 7.80. The van der Waals surface area contributed by atoms with Crippen molar-refractivity contribution in [3.63, 3.8) is 0 Å². The Morgan fingerprint density at radius 3 is 2.33 bits per heavy atom. The van der Waals surface area contributed by atoms with E-state index in [1.807, 2.05) is 24.3 Å². The van der Waals surface area contributed by atoms with Crippen LogP contribution in [0.4, 0.5) is 0 Å². The number of nitrogens with one attached hydrogen (secondary N) is 1. The van der Waals surface area contributed by atoms with E-state index >= 15 is 0 Å². The highest BCUT2D eigenvalue weighted by molar-refractivity contribution is 9.10. The number of halogens is 1. The topological polar surface area (TPSA) is 30.5 Å². The Kier molecular flexibility index (Phi) is 6.68. The fourth-order valence-electron chi connectivity index (χ4n) is 1.35. The van der Waals surface area contributed by atoms with Crippen molar-refractivity contribution < 1.29 is 9.47 Å². The molecule has 1 aromatic carbocycles. The lowest BCUT2D eigenvalue weighted by atomic mass is 10.1. The average Bonchev–Trinajstić information content (AvgIpc) is 2.29. The van der Waals surface area contributed by atoms with Crippen molar-refractivity contribution in [3.8, 4) is 5.75 Å². The third-order valence-corrected chi connectivity index (χ3v) is 2.74. The lowest BCUT2D eigenvalue weighted by Crippen LogP contribution is -2.38. The molecule has 102 valence electrons. The molecule has 0 spiro atoms. The zero-order valence-corrected chi connectivity index (χ0v) is 12.9. The lowest BCUT2D eigenvalue weighted by Gasteiger charge is -2.20. The van der Waals surface area contributed by atoms with E-state index in [0.717, 1.165) is 16.8 Å². The van der Waals surface area contributed by atoms with Crippen molar-refractivity contribution in [1.82, 2.24) is 5.32 Å². The molecule has 1 rings (SSSR count). The van der Waals surface area contributed by atoms with E-state index in [2.05, 4.69) is 42.0 Å². The summed E-state index contributed by atoms with van der Waals surface area (Å²) in [5.74, 6) is 0.870. The molecule has 0 fully saturated rings. The molecule has 1 N–H and O–H groups in total. The smallest absolute Gasteiger partial charge is 0.119 e. The van der Waals surface area contributed by atoms with Gasteiger partial charge in [0.05, 0.1) is 13.2 Å². The van der Waals surface area contributed by atoms with Crippen LogP contribution in [0.1, 0.15) is 20.8 Å². The van der Waals surface area contributed by atoms with Crippen molar-refractivity contribution in [1.29, 1.82) is 0 Å². The van der Waals surface area contributed by atoms with Gasteiger partial charge in [-0.3, -0.25) is 0 Å². The molecular weight excluding hydrogens is 294 g/mol. The Labute approximate surface area is 118 Å². The van der Waals surface area contributed by atoms with Crippen LogP contribution in [-0.4, -0.2) is 31.9 Å². The Morgan fingerprint density at radius 2 is 1.72 bits per heavy atom. The molecule has 18 heavy (non-hydrogen) atoms. The first-order valence-corrected chi connectivity index (χ1v) is 6.98. The van der Waals surface area contributed by atoms with Gasteiger partial charge in [0.25, 0.3) is 0 Å². The second-order valence-corrected chi connectivity index (χ2v) is 6.01. The van der Waals surface area contributed by atoms with E-state index in [0.29, 0.717) is 19.8 Å². The average molecular weight is 316 g/mol. The van der Waals surface area contributed by atoms with Gasteiger partial charge in [-0.2, -0.15) is 0 Å². The normalized spacial score (nSPS) is 11.6. The number of ether oxygens (including phenoxy) is 2. The molecule has 0 saturated heterocycles. The Balaban J connectivity index is 2.00. The SMILES string of the molecule is CC(C)(C)NCCOCCOc1ccc(Br)cc1. The van der Waals surface area contributed by atoms with E-state index in [4.69, 9.17) is 9.47 Å². The summed E-state index contributed by atoms with van der Waals surface area (Å²) >= 11 is 3.38. The van der Waals surface area contributed by atoms with Gasteiger partial charge in [0.2, 0.25) is 0 Å². The minimum absolute atomic E-state index is 0.150. The third kappa shape index (κ3) is 7.69. The molecule has 4 heteroatoms. The molecular formula is C14H22BrNO2. The number of benzene rings is 1. The first kappa shape index (κ1) is 15.5. The molecule has 0 atom stereocenters. The first-order valence-electron chi connectivity index (χ1n) is 6.18. The van der Waals surface area contributed by atoms with Crippen molar-refractivity contribution in [3.05, 3.63) is 28.7 Å². The molecule has 0 radical (unpaired) electrons. The Morgan fingerprint density at radius 1 is 1.06 bits per heavy atom. The summed E-state index contributed by atoms with van der Waals surface area (Å²) < 4.78 is 12.1. The molecule has 0 unspecified atom stereocenters. The Bertz CT molecular complexity index is 333. The second-order valence-electron chi connectivity index (χ2n) is 5.09. The summed E-state index contributed by atoms with van der Waals surface area (Å²) in [4.78, 5) is 0. The lowest BCUT2D eigenvalue weighted by molar-refractivity contribution is 0.0985. The van der Waals surface area contributed by atoms with Crippen molar-refractivity contribution >= 4 is 15.9 Å². The van der Waals surface area contributed by atoms with Gasteiger partial charge >= 0.3 is 0 Å². The summed E-state index contributed by atoms with van der Waals surface area (Å²) in [7, 11) is 0. The van der Waals surface area contributed by atoms with Gasteiger partial charge in [-0.25, -0.2) is 0 Å². The highest BCUT2D eigenvalue weighted by Gasteiger charge is 2.06. The van der Waals surface area contributed by atoms with Crippen LogP contribution in [0.3, 0.4) is 0 Å². The summed E-state index contributed by atoms with van der Waals surface area (Å²) in [6.45, 7) is 9.19. The van der Waals surface area contributed by atoms with Gasteiger partial charge in [0.15, 0.2) is 0 Å². The Hall–Kier alpha value is -0.580. The molecule has 0 aromatic heterocycles. The highest BCUT2D eigenvalue weighted by Crippen LogP contribution is 2.15. The van der Waals surface area contributed by atoms with Gasteiger partial charge < -0.3 is 14.8 Å². The van der Waals surface area contributed by atoms with Crippen LogP contribution in [0, 0.1) is 0 Å². The van der Waals surface area contributed by atoms with Gasteiger partial charge in [-0.05, 0) is 45.0 Å². The molecule has 0 amide bonds. The van der Waals surface area contributed by atoms with Gasteiger partial charge in [-0.15, -0.1) is 0 Å². The maximum Gasteiger partial charge on any atom is 0.119 e. The minimum atomic E-state index is 0.150. The van der Waals surface area contributed by atoms with Crippen molar-refractivity contribution in [2.45, 2.75) is 26.3 Å². The van der Waals surface area contributed by atoms with Crippen molar-refractivity contribution in [2.75, 3.05) is 26.4 Å². The van der Waals surface area contributed by atoms with Gasteiger partial charge in [0.1, 0.15) is 12.4 Å². The van der Waals surface area contributed by atoms with E-state index in [9.17, 15) is 0 Å². The number of hydrogen-bond acceptors (Lipinski definition) is 3. The zero-order chi connectivity index (χ0) is 13.4. The van der Waals surface area contributed by atoms with Crippen LogP contribution in [-0.2, 0) is 4.74 Å². The summed E-state index contributed by atoms with van der Waals surface area (Å²) in [5, 5.41) is 3.37. The summed E-state index contributed by atoms with van der Waals surface area (Å²) in [6.07, 6.45) is 0. The van der Waals surface area contributed by atoms with Crippen LogP contribution in [0.2, 0.25) is 0 Å². The monoisotopic (exact) mass is 315 g/mol. The van der Waals surface area contributed by atoms with Crippen LogP contribution < -0.4 is 10.1 Å². The fourth-order valence-corrected chi connectivity index (χ4v) is 1.61.